The van der Waals surface area contributed by atoms with Crippen LogP contribution in [0, 0.1) is 11.3 Å². The van der Waals surface area contributed by atoms with E-state index in [1.54, 1.807) is 11.6 Å². The van der Waals surface area contributed by atoms with Crippen LogP contribution in [0.4, 0.5) is 5.82 Å². The highest BCUT2D eigenvalue weighted by Gasteiger charge is 2.40. The first-order chi connectivity index (χ1) is 12.0. The number of ether oxygens (including phenoxy) is 2. The lowest BCUT2D eigenvalue weighted by Crippen LogP contribution is -2.45. The summed E-state index contributed by atoms with van der Waals surface area (Å²) in [5.74, 6) is 1.52. The van der Waals surface area contributed by atoms with Crippen LogP contribution in [0.1, 0.15) is 32.4 Å². The topological polar surface area (TPSA) is 81.8 Å². The van der Waals surface area contributed by atoms with Crippen molar-refractivity contribution >= 4 is 17.6 Å². The second kappa shape index (κ2) is 6.95. The van der Waals surface area contributed by atoms with Gasteiger partial charge in [0.1, 0.15) is 12.1 Å². The fourth-order valence-electron chi connectivity index (χ4n) is 3.50. The highest BCUT2D eigenvalue weighted by molar-refractivity contribution is 5.76. The molecule has 0 bridgehead atoms. The number of hydrogen-bond acceptors (Lipinski definition) is 7. The van der Waals surface area contributed by atoms with Crippen LogP contribution >= 0.6 is 0 Å². The first-order valence-corrected chi connectivity index (χ1v) is 8.49. The summed E-state index contributed by atoms with van der Waals surface area (Å²) in [6.45, 7) is 6.00. The SMILES string of the molecule is COCc1cc(N2CCCC(C(C)(C)C(=O)OC)C2)n2ncnc2n1. The third kappa shape index (κ3) is 3.30. The van der Waals surface area contributed by atoms with Gasteiger partial charge in [-0.15, -0.1) is 0 Å². The maximum absolute atomic E-state index is 12.2. The lowest BCUT2D eigenvalue weighted by molar-refractivity contribution is -0.154. The van der Waals surface area contributed by atoms with Crippen molar-refractivity contribution < 1.29 is 14.3 Å². The summed E-state index contributed by atoms with van der Waals surface area (Å²) in [5.41, 5.74) is 0.282. The van der Waals surface area contributed by atoms with Gasteiger partial charge in [0.05, 0.1) is 24.8 Å². The van der Waals surface area contributed by atoms with Gasteiger partial charge in [0, 0.05) is 26.3 Å². The maximum atomic E-state index is 12.2. The molecule has 3 rings (SSSR count). The zero-order valence-electron chi connectivity index (χ0n) is 15.2. The molecule has 1 unspecified atom stereocenters. The molecule has 1 fully saturated rings. The molecule has 25 heavy (non-hydrogen) atoms. The van der Waals surface area contributed by atoms with Crippen molar-refractivity contribution in [2.45, 2.75) is 33.3 Å². The minimum Gasteiger partial charge on any atom is -0.469 e. The molecule has 1 aliphatic heterocycles. The van der Waals surface area contributed by atoms with Gasteiger partial charge in [0.2, 0.25) is 0 Å². The van der Waals surface area contributed by atoms with Crippen molar-refractivity contribution in [3.63, 3.8) is 0 Å². The van der Waals surface area contributed by atoms with Gasteiger partial charge in [0.15, 0.2) is 0 Å². The molecular weight excluding hydrogens is 322 g/mol. The summed E-state index contributed by atoms with van der Waals surface area (Å²) in [5, 5.41) is 4.30. The fourth-order valence-corrected chi connectivity index (χ4v) is 3.50. The van der Waals surface area contributed by atoms with Crippen molar-refractivity contribution in [3.8, 4) is 0 Å². The van der Waals surface area contributed by atoms with E-state index in [-0.39, 0.29) is 11.9 Å². The predicted molar refractivity (Wildman–Crippen MR) is 92.2 cm³/mol. The van der Waals surface area contributed by atoms with Crippen LogP contribution in [0.25, 0.3) is 5.78 Å². The Balaban J connectivity index is 1.92. The van der Waals surface area contributed by atoms with Gasteiger partial charge < -0.3 is 14.4 Å². The van der Waals surface area contributed by atoms with E-state index in [0.29, 0.717) is 12.4 Å². The molecular formula is C17H25N5O3. The summed E-state index contributed by atoms with van der Waals surface area (Å²) in [7, 11) is 3.09. The molecule has 0 saturated carbocycles. The van der Waals surface area contributed by atoms with Crippen LogP contribution in [0.2, 0.25) is 0 Å². The Morgan fingerprint density at radius 1 is 1.40 bits per heavy atom. The predicted octanol–water partition coefficient (Wildman–Crippen LogP) is 1.69. The van der Waals surface area contributed by atoms with Gasteiger partial charge in [-0.3, -0.25) is 4.79 Å². The Kier molecular flexibility index (Phi) is 4.89. The van der Waals surface area contributed by atoms with Crippen LogP contribution in [0.3, 0.4) is 0 Å². The summed E-state index contributed by atoms with van der Waals surface area (Å²) in [6, 6.07) is 1.98. The van der Waals surface area contributed by atoms with Gasteiger partial charge in [-0.25, -0.2) is 4.98 Å². The number of carbonyl (C=O) groups excluding carboxylic acids is 1. The molecule has 1 aliphatic rings. The number of anilines is 1. The van der Waals surface area contributed by atoms with E-state index in [4.69, 9.17) is 9.47 Å². The number of esters is 1. The minimum atomic E-state index is -0.530. The molecule has 0 aliphatic carbocycles. The normalized spacial score (nSPS) is 18.6. The molecule has 1 saturated heterocycles. The molecule has 2 aromatic heterocycles. The van der Waals surface area contributed by atoms with E-state index in [2.05, 4.69) is 20.0 Å². The lowest BCUT2D eigenvalue weighted by Gasteiger charge is -2.40. The van der Waals surface area contributed by atoms with E-state index in [9.17, 15) is 4.79 Å². The van der Waals surface area contributed by atoms with E-state index in [1.807, 2.05) is 19.9 Å². The lowest BCUT2D eigenvalue weighted by atomic mass is 9.74. The highest BCUT2D eigenvalue weighted by Crippen LogP contribution is 2.36. The summed E-state index contributed by atoms with van der Waals surface area (Å²) in [6.07, 6.45) is 3.50. The van der Waals surface area contributed by atoms with Gasteiger partial charge >= 0.3 is 5.97 Å². The number of fused-ring (bicyclic) bond motifs is 1. The fraction of sp³-hybridized carbons (Fsp3) is 0.647. The number of methoxy groups -OCH3 is 2. The molecule has 0 radical (unpaired) electrons. The summed E-state index contributed by atoms with van der Waals surface area (Å²) in [4.78, 5) is 23.1. The molecule has 1 atom stereocenters. The largest absolute Gasteiger partial charge is 0.469 e. The quantitative estimate of drug-likeness (QED) is 0.761. The third-order valence-corrected chi connectivity index (χ3v) is 5.06. The molecule has 3 heterocycles. The molecule has 136 valence electrons. The highest BCUT2D eigenvalue weighted by atomic mass is 16.5. The Labute approximate surface area is 147 Å². The zero-order valence-corrected chi connectivity index (χ0v) is 15.2. The first-order valence-electron chi connectivity index (χ1n) is 8.49. The number of nitrogens with zero attached hydrogens (tertiary/aromatic N) is 5. The van der Waals surface area contributed by atoms with E-state index in [1.165, 1.54) is 13.4 Å². The summed E-state index contributed by atoms with van der Waals surface area (Å²) >= 11 is 0. The summed E-state index contributed by atoms with van der Waals surface area (Å²) < 4.78 is 12.0. The Morgan fingerprint density at radius 3 is 2.92 bits per heavy atom. The Morgan fingerprint density at radius 2 is 2.20 bits per heavy atom. The van der Waals surface area contributed by atoms with Crippen LogP contribution < -0.4 is 4.90 Å². The Bertz CT molecular complexity index is 758. The number of hydrogen-bond donors (Lipinski definition) is 0. The first kappa shape index (κ1) is 17.6. The minimum absolute atomic E-state index is 0.167. The molecule has 8 heteroatoms. The average Bonchev–Trinajstić information content (AvgIpc) is 3.09. The van der Waals surface area contributed by atoms with Crippen LogP contribution in [0.5, 0.6) is 0 Å². The van der Waals surface area contributed by atoms with E-state index < -0.39 is 5.41 Å². The van der Waals surface area contributed by atoms with Crippen LogP contribution in [0.15, 0.2) is 12.4 Å². The van der Waals surface area contributed by atoms with Crippen molar-refractivity contribution in [2.24, 2.45) is 11.3 Å². The molecule has 0 N–H and O–H groups in total. The third-order valence-electron chi connectivity index (χ3n) is 5.06. The van der Waals surface area contributed by atoms with Crippen molar-refractivity contribution in [1.82, 2.24) is 19.6 Å². The van der Waals surface area contributed by atoms with Crippen molar-refractivity contribution in [3.05, 3.63) is 18.1 Å². The smallest absolute Gasteiger partial charge is 0.311 e. The second-order valence-electron chi connectivity index (χ2n) is 7.01. The second-order valence-corrected chi connectivity index (χ2v) is 7.01. The Hall–Kier alpha value is -2.22. The van der Waals surface area contributed by atoms with Gasteiger partial charge in [-0.05, 0) is 32.6 Å². The van der Waals surface area contributed by atoms with Gasteiger partial charge in [-0.1, -0.05) is 0 Å². The number of aromatic nitrogens is 4. The zero-order chi connectivity index (χ0) is 18.0. The van der Waals surface area contributed by atoms with E-state index >= 15 is 0 Å². The van der Waals surface area contributed by atoms with Gasteiger partial charge in [-0.2, -0.15) is 14.6 Å². The van der Waals surface area contributed by atoms with Gasteiger partial charge in [0.25, 0.3) is 5.78 Å². The molecule has 0 amide bonds. The molecule has 0 spiro atoms. The average molecular weight is 347 g/mol. The van der Waals surface area contributed by atoms with Crippen LogP contribution in [-0.2, 0) is 20.9 Å². The molecule has 0 aromatic carbocycles. The number of carbonyl (C=O) groups is 1. The van der Waals surface area contributed by atoms with E-state index in [0.717, 1.165) is 37.4 Å². The molecule has 2 aromatic rings. The monoisotopic (exact) mass is 347 g/mol. The number of rotatable bonds is 5. The van der Waals surface area contributed by atoms with Crippen LogP contribution in [-0.4, -0.2) is 52.9 Å². The van der Waals surface area contributed by atoms with Crippen molar-refractivity contribution in [1.29, 1.82) is 0 Å². The standard InChI is InChI=1S/C17H25N5O3/c1-17(2,15(23)25-4)12-6-5-7-21(9-12)14-8-13(10-24-3)20-16-18-11-19-22(14)16/h8,11-12H,5-7,9-10H2,1-4H3. The molecule has 8 nitrogen and oxygen atoms in total. The number of piperidine rings is 1. The van der Waals surface area contributed by atoms with Crippen molar-refractivity contribution in [2.75, 3.05) is 32.2 Å². The maximum Gasteiger partial charge on any atom is 0.311 e.